The second-order valence-electron chi connectivity index (χ2n) is 6.15. The van der Waals surface area contributed by atoms with Gasteiger partial charge < -0.3 is 10.1 Å². The number of benzene rings is 1. The van der Waals surface area contributed by atoms with Crippen LogP contribution in [0.1, 0.15) is 36.2 Å². The predicted octanol–water partition coefficient (Wildman–Crippen LogP) is 3.60. The summed E-state index contributed by atoms with van der Waals surface area (Å²) in [7, 11) is 1.65. The summed E-state index contributed by atoms with van der Waals surface area (Å²) >= 11 is 1.78. The second-order valence-corrected chi connectivity index (χ2v) is 7.13. The molecule has 1 N–H and O–H groups in total. The van der Waals surface area contributed by atoms with E-state index in [1.54, 1.807) is 18.4 Å². The number of likely N-dealkylation sites (tertiary alicyclic amines) is 1. The maximum Gasteiger partial charge on any atom is 0.237 e. The minimum Gasteiger partial charge on any atom is -0.497 e. The van der Waals surface area contributed by atoms with Crippen LogP contribution in [0.25, 0.3) is 0 Å². The van der Waals surface area contributed by atoms with Gasteiger partial charge in [-0.15, -0.1) is 11.3 Å². The Hall–Kier alpha value is -1.85. The molecule has 2 aromatic rings. The minimum absolute atomic E-state index is 0.0919. The Bertz CT molecular complexity index is 655. The number of rotatable bonds is 6. The maximum absolute atomic E-state index is 12.6. The highest BCUT2D eigenvalue weighted by Gasteiger charge is 2.33. The molecule has 1 fully saturated rings. The van der Waals surface area contributed by atoms with Crippen molar-refractivity contribution in [2.45, 2.75) is 38.4 Å². The van der Waals surface area contributed by atoms with Crippen molar-refractivity contribution in [3.63, 3.8) is 0 Å². The third kappa shape index (κ3) is 3.79. The first-order valence-electron chi connectivity index (χ1n) is 8.39. The fraction of sp³-hybridized carbons (Fsp3) is 0.421. The highest BCUT2D eigenvalue weighted by atomic mass is 32.1. The van der Waals surface area contributed by atoms with Crippen molar-refractivity contribution in [3.05, 3.63) is 52.2 Å². The summed E-state index contributed by atoms with van der Waals surface area (Å²) in [5.74, 6) is 0.920. The van der Waals surface area contributed by atoms with Crippen LogP contribution >= 0.6 is 11.3 Å². The Kier molecular flexibility index (Phi) is 5.53. The Morgan fingerprint density at radius 1 is 1.38 bits per heavy atom. The first-order chi connectivity index (χ1) is 11.7. The number of hydrogen-bond acceptors (Lipinski definition) is 4. The second kappa shape index (κ2) is 7.81. The van der Waals surface area contributed by atoms with Gasteiger partial charge >= 0.3 is 0 Å². The van der Waals surface area contributed by atoms with Crippen molar-refractivity contribution >= 4 is 17.2 Å². The van der Waals surface area contributed by atoms with Crippen LogP contribution in [-0.2, 0) is 11.3 Å². The van der Waals surface area contributed by atoms with Crippen LogP contribution in [0, 0.1) is 0 Å². The molecule has 1 aliphatic rings. The quantitative estimate of drug-likeness (QED) is 0.870. The lowest BCUT2D eigenvalue weighted by Gasteiger charge is -2.29. The molecular formula is C19H24N2O2S. The van der Waals surface area contributed by atoms with Gasteiger partial charge in [-0.05, 0) is 55.5 Å². The molecule has 1 aromatic carbocycles. The maximum atomic E-state index is 12.6. The fourth-order valence-corrected chi connectivity index (χ4v) is 4.15. The number of nitrogens with zero attached hydrogens (tertiary/aromatic N) is 1. The number of methoxy groups -OCH3 is 1. The molecule has 0 aliphatic carbocycles. The van der Waals surface area contributed by atoms with Gasteiger partial charge in [-0.1, -0.05) is 18.2 Å². The van der Waals surface area contributed by atoms with Crippen LogP contribution in [0.5, 0.6) is 5.75 Å². The smallest absolute Gasteiger partial charge is 0.237 e. The highest BCUT2D eigenvalue weighted by Crippen LogP contribution is 2.35. The van der Waals surface area contributed by atoms with Crippen molar-refractivity contribution < 1.29 is 9.53 Å². The zero-order chi connectivity index (χ0) is 16.9. The highest BCUT2D eigenvalue weighted by molar-refractivity contribution is 7.10. The number of carbonyl (C=O) groups is 1. The van der Waals surface area contributed by atoms with E-state index >= 15 is 0 Å². The van der Waals surface area contributed by atoms with Gasteiger partial charge in [0.1, 0.15) is 5.75 Å². The third-order valence-electron chi connectivity index (χ3n) is 4.67. The molecule has 0 radical (unpaired) electrons. The summed E-state index contributed by atoms with van der Waals surface area (Å²) in [5, 5.41) is 5.17. The predicted molar refractivity (Wildman–Crippen MR) is 97.3 cm³/mol. The van der Waals surface area contributed by atoms with Gasteiger partial charge in [-0.25, -0.2) is 0 Å². The van der Waals surface area contributed by atoms with E-state index in [9.17, 15) is 4.79 Å². The largest absolute Gasteiger partial charge is 0.497 e. The Morgan fingerprint density at radius 2 is 2.17 bits per heavy atom. The Balaban J connectivity index is 1.57. The molecule has 2 atom stereocenters. The lowest BCUT2D eigenvalue weighted by Crippen LogP contribution is -2.44. The molecule has 128 valence electrons. The molecule has 0 bridgehead atoms. The van der Waals surface area contributed by atoms with E-state index in [0.29, 0.717) is 12.6 Å². The Morgan fingerprint density at radius 3 is 2.83 bits per heavy atom. The molecule has 0 spiro atoms. The first kappa shape index (κ1) is 17.0. The van der Waals surface area contributed by atoms with Crippen LogP contribution in [0.2, 0.25) is 0 Å². The summed E-state index contributed by atoms with van der Waals surface area (Å²) in [6.45, 7) is 3.54. The van der Waals surface area contributed by atoms with E-state index in [0.717, 1.165) is 30.7 Å². The molecular weight excluding hydrogens is 320 g/mol. The molecule has 4 nitrogen and oxygen atoms in total. The van der Waals surface area contributed by atoms with Crippen LogP contribution in [0.3, 0.4) is 0 Å². The van der Waals surface area contributed by atoms with Crippen molar-refractivity contribution in [3.8, 4) is 5.75 Å². The molecule has 1 aromatic heterocycles. The summed E-state index contributed by atoms with van der Waals surface area (Å²) in [5.41, 5.74) is 1.08. The van der Waals surface area contributed by atoms with E-state index in [1.165, 1.54) is 4.88 Å². The number of nitrogens with one attached hydrogen (secondary N) is 1. The molecule has 24 heavy (non-hydrogen) atoms. The lowest BCUT2D eigenvalue weighted by molar-refractivity contribution is -0.126. The van der Waals surface area contributed by atoms with Crippen molar-refractivity contribution in [2.24, 2.45) is 0 Å². The third-order valence-corrected chi connectivity index (χ3v) is 5.64. The Labute approximate surface area is 147 Å². The van der Waals surface area contributed by atoms with Crippen molar-refractivity contribution in [1.82, 2.24) is 10.2 Å². The van der Waals surface area contributed by atoms with Gasteiger partial charge in [-0.3, -0.25) is 9.69 Å². The zero-order valence-corrected chi connectivity index (χ0v) is 15.0. The van der Waals surface area contributed by atoms with E-state index in [1.807, 2.05) is 31.2 Å². The molecule has 1 aliphatic heterocycles. The monoisotopic (exact) mass is 344 g/mol. The molecule has 0 saturated carbocycles. The molecule has 3 rings (SSSR count). The zero-order valence-electron chi connectivity index (χ0n) is 14.2. The molecule has 1 amide bonds. The SMILES string of the molecule is COc1ccc(CNC(=O)[C@@H](C)N2CCC[C@H]2c2cccs2)cc1. The number of carbonyl (C=O) groups excluding carboxylic acids is 1. The topological polar surface area (TPSA) is 41.6 Å². The van der Waals surface area contributed by atoms with Gasteiger partial charge in [0.15, 0.2) is 0 Å². The number of ether oxygens (including phenoxy) is 1. The summed E-state index contributed by atoms with van der Waals surface area (Å²) in [4.78, 5) is 16.3. The van der Waals surface area contributed by atoms with Crippen LogP contribution in [0.15, 0.2) is 41.8 Å². The first-order valence-corrected chi connectivity index (χ1v) is 9.27. The van der Waals surface area contributed by atoms with Gasteiger partial charge in [0, 0.05) is 17.5 Å². The average Bonchev–Trinajstić information content (AvgIpc) is 3.30. The van der Waals surface area contributed by atoms with Crippen LogP contribution in [-0.4, -0.2) is 30.5 Å². The van der Waals surface area contributed by atoms with E-state index in [4.69, 9.17) is 4.74 Å². The van der Waals surface area contributed by atoms with Crippen molar-refractivity contribution in [2.75, 3.05) is 13.7 Å². The molecule has 2 heterocycles. The average molecular weight is 344 g/mol. The van der Waals surface area contributed by atoms with Crippen LogP contribution < -0.4 is 10.1 Å². The van der Waals surface area contributed by atoms with Gasteiger partial charge in [-0.2, -0.15) is 0 Å². The van der Waals surface area contributed by atoms with Gasteiger partial charge in [0.05, 0.1) is 13.2 Å². The fourth-order valence-electron chi connectivity index (χ4n) is 3.27. The lowest BCUT2D eigenvalue weighted by atomic mass is 10.1. The summed E-state index contributed by atoms with van der Waals surface area (Å²) in [6, 6.07) is 12.3. The normalized spacial score (nSPS) is 19.2. The minimum atomic E-state index is -0.113. The van der Waals surface area contributed by atoms with E-state index < -0.39 is 0 Å². The molecule has 0 unspecified atom stereocenters. The molecule has 5 heteroatoms. The molecule has 1 saturated heterocycles. The number of amides is 1. The van der Waals surface area contributed by atoms with E-state index in [2.05, 4.69) is 27.7 Å². The van der Waals surface area contributed by atoms with Gasteiger partial charge in [0.25, 0.3) is 0 Å². The van der Waals surface area contributed by atoms with Crippen LogP contribution in [0.4, 0.5) is 0 Å². The summed E-state index contributed by atoms with van der Waals surface area (Å²) in [6.07, 6.45) is 2.29. The van der Waals surface area contributed by atoms with Gasteiger partial charge in [0.2, 0.25) is 5.91 Å². The number of hydrogen-bond donors (Lipinski definition) is 1. The summed E-state index contributed by atoms with van der Waals surface area (Å²) < 4.78 is 5.15. The standard InChI is InChI=1S/C19H24N2O2S/c1-14(21-11-3-5-17(21)18-6-4-12-24-18)19(22)20-13-15-7-9-16(23-2)10-8-15/h4,6-10,12,14,17H,3,5,11,13H2,1-2H3,(H,20,22)/t14-,17+/m1/s1. The number of thiophene rings is 1. The van der Waals surface area contributed by atoms with E-state index in [-0.39, 0.29) is 11.9 Å². The van der Waals surface area contributed by atoms with Crippen molar-refractivity contribution in [1.29, 1.82) is 0 Å².